The van der Waals surface area contributed by atoms with E-state index in [0.717, 1.165) is 35.7 Å². The summed E-state index contributed by atoms with van der Waals surface area (Å²) < 4.78 is 27.0. The van der Waals surface area contributed by atoms with Crippen LogP contribution in [-0.4, -0.2) is 48.2 Å². The Labute approximate surface area is 170 Å². The normalized spacial score (nSPS) is 15.4. The number of aromatic nitrogens is 2. The van der Waals surface area contributed by atoms with Crippen LogP contribution in [0.5, 0.6) is 0 Å². The van der Waals surface area contributed by atoms with Gasteiger partial charge < -0.3 is 10.3 Å². The van der Waals surface area contributed by atoms with Crippen molar-refractivity contribution in [2.75, 3.05) is 19.6 Å². The summed E-state index contributed by atoms with van der Waals surface area (Å²) >= 11 is 0. The molecule has 0 atom stereocenters. The highest BCUT2D eigenvalue weighted by molar-refractivity contribution is 7.89. The Balaban J connectivity index is 1.33. The second-order valence-electron chi connectivity index (χ2n) is 7.26. The number of aromatic amines is 1. The van der Waals surface area contributed by atoms with E-state index in [1.807, 2.05) is 18.2 Å². The summed E-state index contributed by atoms with van der Waals surface area (Å²) in [4.78, 5) is 19.8. The molecule has 0 aliphatic carbocycles. The maximum absolute atomic E-state index is 12.7. The molecule has 0 bridgehead atoms. The van der Waals surface area contributed by atoms with E-state index in [-0.39, 0.29) is 5.91 Å². The van der Waals surface area contributed by atoms with Crippen LogP contribution in [0.4, 0.5) is 0 Å². The van der Waals surface area contributed by atoms with Crippen molar-refractivity contribution in [3.05, 3.63) is 60.0 Å². The molecule has 1 aliphatic rings. The molecule has 4 rings (SSSR count). The number of H-pyrrole nitrogens is 1. The van der Waals surface area contributed by atoms with Crippen LogP contribution < -0.4 is 5.32 Å². The Morgan fingerprint density at radius 1 is 1.10 bits per heavy atom. The number of nitrogens with zero attached hydrogens (tertiary/aromatic N) is 2. The van der Waals surface area contributed by atoms with Crippen LogP contribution in [0.1, 0.15) is 35.3 Å². The molecule has 0 radical (unpaired) electrons. The van der Waals surface area contributed by atoms with Gasteiger partial charge in [-0.25, -0.2) is 8.42 Å². The molecule has 2 N–H and O–H groups in total. The van der Waals surface area contributed by atoms with Gasteiger partial charge in [0.25, 0.3) is 5.91 Å². The highest BCUT2D eigenvalue weighted by atomic mass is 32.2. The number of carbonyl (C=O) groups excluding carboxylic acids is 1. The Bertz CT molecular complexity index is 1070. The van der Waals surface area contributed by atoms with E-state index in [0.29, 0.717) is 36.6 Å². The van der Waals surface area contributed by atoms with Crippen LogP contribution >= 0.6 is 0 Å². The molecule has 1 aliphatic heterocycles. The molecular weight excluding hydrogens is 388 g/mol. The van der Waals surface area contributed by atoms with E-state index in [1.54, 1.807) is 34.9 Å². The van der Waals surface area contributed by atoms with Crippen molar-refractivity contribution in [1.82, 2.24) is 19.6 Å². The number of nitrogens with one attached hydrogen (secondary N) is 2. The van der Waals surface area contributed by atoms with Crippen molar-refractivity contribution in [2.45, 2.75) is 30.6 Å². The molecule has 3 aromatic rings. The molecule has 0 spiro atoms. The summed E-state index contributed by atoms with van der Waals surface area (Å²) in [5.74, 6) is -0.175. The van der Waals surface area contributed by atoms with Crippen LogP contribution in [0.2, 0.25) is 0 Å². The Morgan fingerprint density at radius 3 is 2.59 bits per heavy atom. The molecule has 1 fully saturated rings. The minimum Gasteiger partial charge on any atom is -0.350 e. The maximum atomic E-state index is 12.7. The summed E-state index contributed by atoms with van der Waals surface area (Å²) in [6, 6.07) is 10.6. The average Bonchev–Trinajstić information content (AvgIpc) is 3.19. The third kappa shape index (κ3) is 4.33. The summed E-state index contributed by atoms with van der Waals surface area (Å²) in [6.45, 7) is 1.66. The van der Waals surface area contributed by atoms with Crippen molar-refractivity contribution >= 4 is 26.8 Å². The van der Waals surface area contributed by atoms with E-state index in [1.165, 1.54) is 0 Å². The minimum absolute atomic E-state index is 0.175. The molecule has 1 saturated heterocycles. The van der Waals surface area contributed by atoms with Crippen molar-refractivity contribution in [3.8, 4) is 0 Å². The predicted octanol–water partition coefficient (Wildman–Crippen LogP) is 2.71. The lowest BCUT2D eigenvalue weighted by Crippen LogP contribution is -2.35. The molecule has 152 valence electrons. The highest BCUT2D eigenvalue weighted by Gasteiger charge is 2.25. The standard InChI is InChI=1S/C21H24N4O3S/c26-21(20-14-17-15-22-10-9-19(17)24-20)23-11-8-16-4-6-18(7-5-16)29(27,28)25-12-2-1-3-13-25/h4-7,9-10,14-15,24H,1-3,8,11-13H2,(H,23,26). The Morgan fingerprint density at radius 2 is 1.86 bits per heavy atom. The van der Waals surface area contributed by atoms with E-state index >= 15 is 0 Å². The summed E-state index contributed by atoms with van der Waals surface area (Å²) in [6.07, 6.45) is 6.94. The second kappa shape index (κ2) is 8.34. The summed E-state index contributed by atoms with van der Waals surface area (Å²) in [5, 5.41) is 3.78. The van der Waals surface area contributed by atoms with E-state index < -0.39 is 10.0 Å². The van der Waals surface area contributed by atoms with Gasteiger partial charge in [0.15, 0.2) is 0 Å². The number of benzene rings is 1. The lowest BCUT2D eigenvalue weighted by molar-refractivity contribution is 0.0950. The number of piperidine rings is 1. The lowest BCUT2D eigenvalue weighted by atomic mass is 10.1. The quantitative estimate of drug-likeness (QED) is 0.651. The first-order chi connectivity index (χ1) is 14.0. The van der Waals surface area contributed by atoms with Crippen molar-refractivity contribution in [3.63, 3.8) is 0 Å². The number of sulfonamides is 1. The third-order valence-corrected chi connectivity index (χ3v) is 7.15. The zero-order valence-corrected chi connectivity index (χ0v) is 16.9. The fourth-order valence-corrected chi connectivity index (χ4v) is 5.11. The van der Waals surface area contributed by atoms with Gasteiger partial charge in [0.2, 0.25) is 10.0 Å². The van der Waals surface area contributed by atoms with Crippen molar-refractivity contribution in [2.24, 2.45) is 0 Å². The number of pyridine rings is 1. The first kappa shape index (κ1) is 19.6. The first-order valence-electron chi connectivity index (χ1n) is 9.84. The molecule has 1 amide bonds. The third-order valence-electron chi connectivity index (χ3n) is 5.24. The van der Waals surface area contributed by atoms with Gasteiger partial charge in [-0.2, -0.15) is 4.31 Å². The molecule has 0 saturated carbocycles. The fourth-order valence-electron chi connectivity index (χ4n) is 3.59. The summed E-state index contributed by atoms with van der Waals surface area (Å²) in [5.41, 5.74) is 2.34. The molecular formula is C21H24N4O3S. The monoisotopic (exact) mass is 412 g/mol. The number of carbonyl (C=O) groups is 1. The second-order valence-corrected chi connectivity index (χ2v) is 9.20. The van der Waals surface area contributed by atoms with Gasteiger partial charge in [-0.1, -0.05) is 18.6 Å². The summed E-state index contributed by atoms with van der Waals surface area (Å²) in [7, 11) is -3.41. The number of rotatable bonds is 6. The number of fused-ring (bicyclic) bond motifs is 1. The molecule has 1 aromatic carbocycles. The van der Waals surface area contributed by atoms with Gasteiger partial charge in [-0.3, -0.25) is 9.78 Å². The van der Waals surface area contributed by atoms with Gasteiger partial charge in [0, 0.05) is 42.9 Å². The zero-order chi connectivity index (χ0) is 20.3. The SMILES string of the molecule is O=C(NCCc1ccc(S(=O)(=O)N2CCCCC2)cc1)c1cc2cnccc2[nH]1. The molecule has 2 aromatic heterocycles. The Kier molecular flexibility index (Phi) is 5.64. The molecule has 7 nitrogen and oxygen atoms in total. The van der Waals surface area contributed by atoms with Crippen molar-refractivity contribution < 1.29 is 13.2 Å². The van der Waals surface area contributed by atoms with Gasteiger partial charge in [0.1, 0.15) is 5.69 Å². The van der Waals surface area contributed by atoms with Gasteiger partial charge in [-0.05, 0) is 49.1 Å². The molecule has 3 heterocycles. The number of hydrogen-bond acceptors (Lipinski definition) is 4. The van der Waals surface area contributed by atoms with Crippen LogP contribution in [0.25, 0.3) is 10.9 Å². The highest BCUT2D eigenvalue weighted by Crippen LogP contribution is 2.21. The lowest BCUT2D eigenvalue weighted by Gasteiger charge is -2.25. The van der Waals surface area contributed by atoms with E-state index in [9.17, 15) is 13.2 Å². The van der Waals surface area contributed by atoms with Crippen LogP contribution in [0, 0.1) is 0 Å². The van der Waals surface area contributed by atoms with Crippen LogP contribution in [-0.2, 0) is 16.4 Å². The fraction of sp³-hybridized carbons (Fsp3) is 0.333. The molecule has 8 heteroatoms. The van der Waals surface area contributed by atoms with Gasteiger partial charge in [0.05, 0.1) is 4.90 Å². The zero-order valence-electron chi connectivity index (χ0n) is 16.1. The maximum Gasteiger partial charge on any atom is 0.267 e. The molecule has 29 heavy (non-hydrogen) atoms. The van der Waals surface area contributed by atoms with Crippen LogP contribution in [0.15, 0.2) is 53.7 Å². The van der Waals surface area contributed by atoms with E-state index in [2.05, 4.69) is 15.3 Å². The van der Waals surface area contributed by atoms with Crippen LogP contribution in [0.3, 0.4) is 0 Å². The van der Waals surface area contributed by atoms with Gasteiger partial charge >= 0.3 is 0 Å². The number of hydrogen-bond donors (Lipinski definition) is 2. The number of amides is 1. The van der Waals surface area contributed by atoms with E-state index in [4.69, 9.17) is 0 Å². The first-order valence-corrected chi connectivity index (χ1v) is 11.3. The average molecular weight is 413 g/mol. The van der Waals surface area contributed by atoms with Gasteiger partial charge in [-0.15, -0.1) is 0 Å². The molecule has 0 unspecified atom stereocenters. The van der Waals surface area contributed by atoms with Crippen molar-refractivity contribution in [1.29, 1.82) is 0 Å². The predicted molar refractivity (Wildman–Crippen MR) is 111 cm³/mol. The smallest absolute Gasteiger partial charge is 0.267 e. The topological polar surface area (TPSA) is 95.2 Å². The Hall–Kier alpha value is -2.71. The minimum atomic E-state index is -3.41. The largest absolute Gasteiger partial charge is 0.350 e.